The summed E-state index contributed by atoms with van der Waals surface area (Å²) in [5.74, 6) is -0.680. The molecule has 24 heavy (non-hydrogen) atoms. The van der Waals surface area contributed by atoms with Crippen molar-refractivity contribution in [3.8, 4) is 5.88 Å². The molecule has 5 heteroatoms. The topological polar surface area (TPSA) is 86.2 Å². The van der Waals surface area contributed by atoms with E-state index in [9.17, 15) is 15.0 Å². The second-order valence-electron chi connectivity index (χ2n) is 6.84. The van der Waals surface area contributed by atoms with Gasteiger partial charge in [-0.05, 0) is 13.3 Å². The van der Waals surface area contributed by atoms with Crippen molar-refractivity contribution in [1.82, 2.24) is 9.97 Å². The van der Waals surface area contributed by atoms with Crippen LogP contribution in [0.15, 0.2) is 0 Å². The van der Waals surface area contributed by atoms with E-state index >= 15 is 0 Å². The number of unbranched alkanes of at least 4 members (excludes halogenated alkanes) is 9. The molecule has 0 amide bonds. The van der Waals surface area contributed by atoms with Crippen molar-refractivity contribution in [1.29, 1.82) is 0 Å². The quantitative estimate of drug-likeness (QED) is 0.418. The Morgan fingerprint density at radius 3 is 2.04 bits per heavy atom. The second kappa shape index (κ2) is 11.9. The molecule has 1 unspecified atom stereocenters. The number of nitrogens with zero attached hydrogens (tertiary/aromatic N) is 1. The first-order valence-corrected chi connectivity index (χ1v) is 9.51. The van der Waals surface area contributed by atoms with E-state index in [1.807, 2.05) is 0 Å². The van der Waals surface area contributed by atoms with E-state index < -0.39 is 11.9 Å². The van der Waals surface area contributed by atoms with Crippen LogP contribution in [-0.4, -0.2) is 26.2 Å². The van der Waals surface area contributed by atoms with Crippen LogP contribution in [0.25, 0.3) is 0 Å². The molecule has 0 saturated carbocycles. The minimum absolute atomic E-state index is 0.0342. The molecule has 0 saturated heterocycles. The predicted molar refractivity (Wildman–Crippen MR) is 96.3 cm³/mol. The number of aryl methyl sites for hydroxylation is 1. The highest BCUT2D eigenvalue weighted by Crippen LogP contribution is 2.19. The van der Waals surface area contributed by atoms with Crippen LogP contribution in [0.5, 0.6) is 5.88 Å². The number of aromatic amines is 1. The SMILES string of the molecule is CCCCCCCCCCCCC(Cc1nc(O)c(C)[nH]1)C(=O)O. The molecular weight excluding hydrogens is 304 g/mol. The van der Waals surface area contributed by atoms with Crippen LogP contribution in [0.4, 0.5) is 0 Å². The fourth-order valence-corrected chi connectivity index (χ4v) is 3.03. The van der Waals surface area contributed by atoms with E-state index in [1.54, 1.807) is 6.92 Å². The van der Waals surface area contributed by atoms with Gasteiger partial charge in [-0.1, -0.05) is 71.1 Å². The predicted octanol–water partition coefficient (Wildman–Crippen LogP) is 4.98. The molecule has 5 nitrogen and oxygen atoms in total. The Morgan fingerprint density at radius 2 is 1.58 bits per heavy atom. The van der Waals surface area contributed by atoms with Gasteiger partial charge in [-0.15, -0.1) is 0 Å². The highest BCUT2D eigenvalue weighted by molar-refractivity contribution is 5.70. The molecule has 1 heterocycles. The van der Waals surface area contributed by atoms with E-state index in [2.05, 4.69) is 16.9 Å². The lowest BCUT2D eigenvalue weighted by Crippen LogP contribution is -2.17. The van der Waals surface area contributed by atoms with E-state index in [1.165, 1.54) is 51.4 Å². The lowest BCUT2D eigenvalue weighted by molar-refractivity contribution is -0.142. The molecule has 1 aromatic heterocycles. The fourth-order valence-electron chi connectivity index (χ4n) is 3.03. The lowest BCUT2D eigenvalue weighted by Gasteiger charge is -2.10. The standard InChI is InChI=1S/C19H34N2O3/c1-3-4-5-6-7-8-9-10-11-12-13-16(19(23)24)14-17-20-15(2)18(22)21-17/h16,22H,3-14H2,1-2H3,(H,20,21)(H,23,24). The molecule has 1 atom stereocenters. The van der Waals surface area contributed by atoms with Crippen LogP contribution in [0.1, 0.15) is 89.1 Å². The van der Waals surface area contributed by atoms with Gasteiger partial charge in [0.2, 0.25) is 5.88 Å². The van der Waals surface area contributed by atoms with Crippen LogP contribution in [0.3, 0.4) is 0 Å². The van der Waals surface area contributed by atoms with Gasteiger partial charge in [0.25, 0.3) is 0 Å². The maximum Gasteiger partial charge on any atom is 0.306 e. The third-order valence-electron chi connectivity index (χ3n) is 4.60. The average Bonchev–Trinajstić information content (AvgIpc) is 2.85. The number of carboxylic acid groups (broad SMARTS) is 1. The third kappa shape index (κ3) is 8.37. The Kier molecular flexibility index (Phi) is 10.2. The molecule has 138 valence electrons. The number of hydrogen-bond acceptors (Lipinski definition) is 3. The number of nitrogens with one attached hydrogen (secondary N) is 1. The van der Waals surface area contributed by atoms with E-state index in [-0.39, 0.29) is 5.88 Å². The number of rotatable bonds is 14. The van der Waals surface area contributed by atoms with E-state index in [4.69, 9.17) is 0 Å². The zero-order valence-corrected chi connectivity index (χ0v) is 15.3. The summed E-state index contributed by atoms with van der Waals surface area (Å²) in [6.07, 6.45) is 13.5. The molecule has 0 aliphatic carbocycles. The Balaban J connectivity index is 2.13. The molecule has 3 N–H and O–H groups in total. The van der Waals surface area contributed by atoms with Crippen LogP contribution in [-0.2, 0) is 11.2 Å². The minimum atomic E-state index is -0.778. The smallest absolute Gasteiger partial charge is 0.306 e. The summed E-state index contributed by atoms with van der Waals surface area (Å²) < 4.78 is 0. The van der Waals surface area contributed by atoms with Crippen molar-refractivity contribution in [2.24, 2.45) is 5.92 Å². The van der Waals surface area contributed by atoms with Crippen LogP contribution in [0.2, 0.25) is 0 Å². The first-order chi connectivity index (χ1) is 11.5. The van der Waals surface area contributed by atoms with Gasteiger partial charge in [0.05, 0.1) is 11.6 Å². The number of hydrogen-bond donors (Lipinski definition) is 3. The minimum Gasteiger partial charge on any atom is -0.492 e. The largest absolute Gasteiger partial charge is 0.492 e. The van der Waals surface area contributed by atoms with Crippen molar-refractivity contribution in [3.63, 3.8) is 0 Å². The Morgan fingerprint density at radius 1 is 1.04 bits per heavy atom. The molecule has 1 aromatic rings. The maximum atomic E-state index is 11.4. The van der Waals surface area contributed by atoms with Crippen molar-refractivity contribution in [2.45, 2.75) is 90.9 Å². The summed E-state index contributed by atoms with van der Waals surface area (Å²) in [6.45, 7) is 3.96. The average molecular weight is 338 g/mol. The Bertz CT molecular complexity index is 452. The van der Waals surface area contributed by atoms with Crippen molar-refractivity contribution >= 4 is 5.97 Å². The molecule has 0 aromatic carbocycles. The van der Waals surface area contributed by atoms with Crippen LogP contribution < -0.4 is 0 Å². The molecule has 0 aliphatic rings. The summed E-state index contributed by atoms with van der Waals surface area (Å²) in [5.41, 5.74) is 0.591. The van der Waals surface area contributed by atoms with Crippen LogP contribution >= 0.6 is 0 Å². The Labute approximate surface area is 145 Å². The fraction of sp³-hybridized carbons (Fsp3) is 0.789. The van der Waals surface area contributed by atoms with Crippen molar-refractivity contribution in [2.75, 3.05) is 0 Å². The summed E-state index contributed by atoms with van der Waals surface area (Å²) in [4.78, 5) is 18.3. The molecule has 1 rings (SSSR count). The second-order valence-corrected chi connectivity index (χ2v) is 6.84. The summed E-state index contributed by atoms with van der Waals surface area (Å²) in [5, 5.41) is 18.8. The first kappa shape index (κ1) is 20.5. The summed E-state index contributed by atoms with van der Waals surface area (Å²) in [6, 6.07) is 0. The molecular formula is C19H34N2O3. The number of carbonyl (C=O) groups is 1. The normalized spacial score (nSPS) is 12.4. The maximum absolute atomic E-state index is 11.4. The zero-order chi connectivity index (χ0) is 17.8. The van der Waals surface area contributed by atoms with Crippen LogP contribution in [0, 0.1) is 12.8 Å². The molecule has 0 bridgehead atoms. The number of aliphatic carboxylic acids is 1. The number of imidazole rings is 1. The van der Waals surface area contributed by atoms with E-state index in [0.717, 1.165) is 12.8 Å². The molecule has 0 radical (unpaired) electrons. The van der Waals surface area contributed by atoms with Crippen molar-refractivity contribution in [3.05, 3.63) is 11.5 Å². The third-order valence-corrected chi connectivity index (χ3v) is 4.60. The monoisotopic (exact) mass is 338 g/mol. The van der Waals surface area contributed by atoms with Gasteiger partial charge < -0.3 is 15.2 Å². The van der Waals surface area contributed by atoms with Gasteiger partial charge in [-0.2, -0.15) is 4.98 Å². The number of aromatic nitrogens is 2. The molecule has 0 fully saturated rings. The number of H-pyrrole nitrogens is 1. The van der Waals surface area contributed by atoms with Gasteiger partial charge in [-0.3, -0.25) is 4.79 Å². The zero-order valence-electron chi connectivity index (χ0n) is 15.3. The van der Waals surface area contributed by atoms with Gasteiger partial charge in [-0.25, -0.2) is 0 Å². The van der Waals surface area contributed by atoms with Crippen molar-refractivity contribution < 1.29 is 15.0 Å². The van der Waals surface area contributed by atoms with E-state index in [0.29, 0.717) is 24.4 Å². The lowest BCUT2D eigenvalue weighted by atomic mass is 9.97. The number of carboxylic acids is 1. The van der Waals surface area contributed by atoms with Gasteiger partial charge in [0.15, 0.2) is 0 Å². The van der Waals surface area contributed by atoms with Gasteiger partial charge >= 0.3 is 5.97 Å². The van der Waals surface area contributed by atoms with Gasteiger partial charge in [0.1, 0.15) is 5.82 Å². The molecule has 0 aliphatic heterocycles. The molecule has 0 spiro atoms. The first-order valence-electron chi connectivity index (χ1n) is 9.51. The summed E-state index contributed by atoms with van der Waals surface area (Å²) >= 11 is 0. The Hall–Kier alpha value is -1.52. The highest BCUT2D eigenvalue weighted by atomic mass is 16.4. The van der Waals surface area contributed by atoms with Gasteiger partial charge in [0, 0.05) is 6.42 Å². The summed E-state index contributed by atoms with van der Waals surface area (Å²) in [7, 11) is 0. The number of aromatic hydroxyl groups is 1. The highest BCUT2D eigenvalue weighted by Gasteiger charge is 2.20.